The third-order valence-electron chi connectivity index (χ3n) is 4.83. The highest BCUT2D eigenvalue weighted by Gasteiger charge is 2.25. The molecule has 1 amide bonds. The van der Waals surface area contributed by atoms with Crippen molar-refractivity contribution in [1.82, 2.24) is 14.3 Å². The molecule has 0 bridgehead atoms. The lowest BCUT2D eigenvalue weighted by Gasteiger charge is -2.32. The van der Waals surface area contributed by atoms with Crippen molar-refractivity contribution < 1.29 is 9.18 Å². The number of nitrogens with zero attached hydrogens (tertiary/aromatic N) is 3. The summed E-state index contributed by atoms with van der Waals surface area (Å²) in [5.74, 6) is -0.259. The predicted molar refractivity (Wildman–Crippen MR) is 98.9 cm³/mol. The maximum absolute atomic E-state index is 13.0. The molecule has 1 aliphatic rings. The van der Waals surface area contributed by atoms with E-state index in [9.17, 15) is 9.18 Å². The van der Waals surface area contributed by atoms with Gasteiger partial charge in [-0.1, -0.05) is 0 Å². The predicted octanol–water partition coefficient (Wildman–Crippen LogP) is 3.50. The highest BCUT2D eigenvalue weighted by Crippen LogP contribution is 2.19. The molecule has 2 aromatic heterocycles. The van der Waals surface area contributed by atoms with Crippen LogP contribution in [-0.2, 0) is 0 Å². The summed E-state index contributed by atoms with van der Waals surface area (Å²) in [6, 6.07) is 10.6. The Morgan fingerprint density at radius 3 is 2.65 bits per heavy atom. The van der Waals surface area contributed by atoms with E-state index < -0.39 is 0 Å². The van der Waals surface area contributed by atoms with Crippen LogP contribution in [0.4, 0.5) is 10.1 Å². The molecule has 0 spiro atoms. The molecule has 5 nitrogen and oxygen atoms in total. The third kappa shape index (κ3) is 3.40. The van der Waals surface area contributed by atoms with Crippen LogP contribution in [-0.4, -0.2) is 39.3 Å². The second-order valence-corrected chi connectivity index (χ2v) is 6.81. The van der Waals surface area contributed by atoms with E-state index in [0.717, 1.165) is 29.7 Å². The lowest BCUT2D eigenvalue weighted by Crippen LogP contribution is -2.42. The fraction of sp³-hybridized carbons (Fsp3) is 0.300. The summed E-state index contributed by atoms with van der Waals surface area (Å²) in [4.78, 5) is 19.1. The Balaban J connectivity index is 1.38. The number of nitrogens with one attached hydrogen (secondary N) is 1. The first kappa shape index (κ1) is 16.6. The molecular weight excluding hydrogens is 331 g/mol. The van der Waals surface area contributed by atoms with Crippen molar-refractivity contribution >= 4 is 17.2 Å². The average molecular weight is 352 g/mol. The average Bonchev–Trinajstić information content (AvgIpc) is 3.07. The number of carbonyl (C=O) groups is 1. The van der Waals surface area contributed by atoms with Crippen LogP contribution in [0.1, 0.15) is 28.9 Å². The molecular formula is C20H21FN4O. The molecule has 0 saturated carbocycles. The smallest absolute Gasteiger partial charge is 0.274 e. The van der Waals surface area contributed by atoms with Gasteiger partial charge in [0.2, 0.25) is 0 Å². The van der Waals surface area contributed by atoms with Crippen LogP contribution < -0.4 is 5.32 Å². The minimum atomic E-state index is -0.237. The quantitative estimate of drug-likeness (QED) is 0.785. The molecule has 1 N–H and O–H groups in total. The molecule has 0 atom stereocenters. The number of aryl methyl sites for hydroxylation is 1. The second-order valence-electron chi connectivity index (χ2n) is 6.81. The van der Waals surface area contributed by atoms with Gasteiger partial charge in [-0.15, -0.1) is 0 Å². The van der Waals surface area contributed by atoms with Gasteiger partial charge >= 0.3 is 0 Å². The zero-order valence-electron chi connectivity index (χ0n) is 14.7. The van der Waals surface area contributed by atoms with E-state index in [-0.39, 0.29) is 17.8 Å². The fourth-order valence-corrected chi connectivity index (χ4v) is 3.36. The molecule has 4 rings (SSSR count). The summed E-state index contributed by atoms with van der Waals surface area (Å²) < 4.78 is 14.9. The van der Waals surface area contributed by atoms with Crippen molar-refractivity contribution in [1.29, 1.82) is 0 Å². The van der Waals surface area contributed by atoms with Crippen molar-refractivity contribution in [2.24, 2.45) is 0 Å². The maximum atomic E-state index is 13.0. The number of amides is 1. The summed E-state index contributed by atoms with van der Waals surface area (Å²) in [6.07, 6.45) is 5.43. The molecule has 0 unspecified atom stereocenters. The topological polar surface area (TPSA) is 49.6 Å². The summed E-state index contributed by atoms with van der Waals surface area (Å²) >= 11 is 0. The number of anilines is 1. The van der Waals surface area contributed by atoms with E-state index in [1.54, 1.807) is 18.3 Å². The number of halogens is 1. The monoisotopic (exact) mass is 352 g/mol. The molecule has 3 aromatic rings. The summed E-state index contributed by atoms with van der Waals surface area (Å²) in [5.41, 5.74) is 3.31. The number of pyridine rings is 1. The Hall–Kier alpha value is -2.89. The summed E-state index contributed by atoms with van der Waals surface area (Å²) in [7, 11) is 0. The number of rotatable bonds is 3. The standard InChI is InChI=1S/C20H21FN4O/c1-14-6-9-25-13-18(23-19(25)12-14)20(26)24-10-7-17(8-11-24)22-16-4-2-15(21)3-5-16/h2-6,9,12-13,17,22H,7-8,10-11H2,1H3. The number of benzene rings is 1. The third-order valence-corrected chi connectivity index (χ3v) is 4.83. The van der Waals surface area contributed by atoms with Crippen LogP contribution in [0.5, 0.6) is 0 Å². The zero-order valence-corrected chi connectivity index (χ0v) is 14.7. The Morgan fingerprint density at radius 2 is 1.92 bits per heavy atom. The van der Waals surface area contributed by atoms with Gasteiger partial charge in [0, 0.05) is 37.2 Å². The number of likely N-dealkylation sites (tertiary alicyclic amines) is 1. The van der Waals surface area contributed by atoms with E-state index in [1.807, 2.05) is 34.6 Å². The fourth-order valence-electron chi connectivity index (χ4n) is 3.36. The van der Waals surface area contributed by atoms with Crippen LogP contribution in [0.25, 0.3) is 5.65 Å². The SMILES string of the molecule is Cc1ccn2cc(C(=O)N3CCC(Nc4ccc(F)cc4)CC3)nc2c1. The lowest BCUT2D eigenvalue weighted by molar-refractivity contribution is 0.0713. The minimum Gasteiger partial charge on any atom is -0.382 e. The number of hydrogen-bond donors (Lipinski definition) is 1. The molecule has 1 saturated heterocycles. The van der Waals surface area contributed by atoms with E-state index in [2.05, 4.69) is 10.3 Å². The van der Waals surface area contributed by atoms with Gasteiger partial charge in [0.1, 0.15) is 17.2 Å². The van der Waals surface area contributed by atoms with Crippen LogP contribution in [0, 0.1) is 12.7 Å². The van der Waals surface area contributed by atoms with Gasteiger partial charge < -0.3 is 14.6 Å². The van der Waals surface area contributed by atoms with Crippen molar-refractivity contribution in [2.45, 2.75) is 25.8 Å². The molecule has 1 aromatic carbocycles. The first-order valence-corrected chi connectivity index (χ1v) is 8.85. The molecule has 134 valence electrons. The molecule has 3 heterocycles. The van der Waals surface area contributed by atoms with Crippen LogP contribution in [0.15, 0.2) is 48.8 Å². The highest BCUT2D eigenvalue weighted by atomic mass is 19.1. The largest absolute Gasteiger partial charge is 0.382 e. The van der Waals surface area contributed by atoms with Gasteiger partial charge in [0.25, 0.3) is 5.91 Å². The number of aromatic nitrogens is 2. The minimum absolute atomic E-state index is 0.0217. The highest BCUT2D eigenvalue weighted by molar-refractivity contribution is 5.93. The molecule has 0 aliphatic carbocycles. The Morgan fingerprint density at radius 1 is 1.19 bits per heavy atom. The summed E-state index contributed by atoms with van der Waals surface area (Å²) in [6.45, 7) is 3.38. The second kappa shape index (κ2) is 6.78. The maximum Gasteiger partial charge on any atom is 0.274 e. The van der Waals surface area contributed by atoms with E-state index >= 15 is 0 Å². The van der Waals surface area contributed by atoms with E-state index in [4.69, 9.17) is 0 Å². The number of fused-ring (bicyclic) bond motifs is 1. The normalized spacial score (nSPS) is 15.4. The van der Waals surface area contributed by atoms with Crippen molar-refractivity contribution in [3.63, 3.8) is 0 Å². The Kier molecular flexibility index (Phi) is 4.32. The van der Waals surface area contributed by atoms with E-state index in [1.165, 1.54) is 12.1 Å². The van der Waals surface area contributed by atoms with Crippen LogP contribution >= 0.6 is 0 Å². The number of piperidine rings is 1. The van der Waals surface area contributed by atoms with Crippen LogP contribution in [0.2, 0.25) is 0 Å². The Bertz CT molecular complexity index is 927. The lowest BCUT2D eigenvalue weighted by atomic mass is 10.0. The van der Waals surface area contributed by atoms with Crippen LogP contribution in [0.3, 0.4) is 0 Å². The molecule has 26 heavy (non-hydrogen) atoms. The van der Waals surface area contributed by atoms with Crippen molar-refractivity contribution in [3.8, 4) is 0 Å². The first-order valence-electron chi connectivity index (χ1n) is 8.85. The number of hydrogen-bond acceptors (Lipinski definition) is 3. The number of imidazole rings is 1. The van der Waals surface area contributed by atoms with Gasteiger partial charge in [-0.2, -0.15) is 0 Å². The first-order chi connectivity index (χ1) is 12.6. The molecule has 6 heteroatoms. The van der Waals surface area contributed by atoms with Gasteiger partial charge in [0.15, 0.2) is 0 Å². The molecule has 1 fully saturated rings. The van der Waals surface area contributed by atoms with Gasteiger partial charge in [0.05, 0.1) is 0 Å². The van der Waals surface area contributed by atoms with Gasteiger partial charge in [-0.3, -0.25) is 4.79 Å². The summed E-state index contributed by atoms with van der Waals surface area (Å²) in [5, 5.41) is 3.41. The van der Waals surface area contributed by atoms with E-state index in [0.29, 0.717) is 18.8 Å². The Labute approximate surface area is 151 Å². The van der Waals surface area contributed by atoms with Gasteiger partial charge in [-0.05, 0) is 61.7 Å². The van der Waals surface area contributed by atoms with Crippen molar-refractivity contribution in [3.05, 3.63) is 65.9 Å². The molecule has 0 radical (unpaired) electrons. The molecule has 1 aliphatic heterocycles. The number of carbonyl (C=O) groups excluding carboxylic acids is 1. The zero-order chi connectivity index (χ0) is 18.1. The van der Waals surface area contributed by atoms with Gasteiger partial charge in [-0.25, -0.2) is 9.37 Å². The van der Waals surface area contributed by atoms with Crippen molar-refractivity contribution in [2.75, 3.05) is 18.4 Å².